The van der Waals surface area contributed by atoms with Crippen molar-refractivity contribution in [3.8, 4) is 6.07 Å². The number of nitrogens with zero attached hydrogens (tertiary/aromatic N) is 2. The molecule has 0 aliphatic rings. The van der Waals surface area contributed by atoms with Crippen LogP contribution in [0.15, 0.2) is 6.20 Å². The maximum Gasteiger partial charge on any atom is 0.347 e. The van der Waals surface area contributed by atoms with E-state index in [0.717, 1.165) is 17.5 Å². The van der Waals surface area contributed by atoms with Crippen molar-refractivity contribution in [3.05, 3.63) is 16.1 Å². The largest absolute Gasteiger partial charge is 0.477 e. The lowest BCUT2D eigenvalue weighted by Gasteiger charge is -1.84. The molecule has 13 heavy (non-hydrogen) atoms. The van der Waals surface area contributed by atoms with E-state index in [0.29, 0.717) is 0 Å². The number of aromatic nitrogens is 1. The molecular weight excluding hydrogens is 192 g/mol. The SMILES string of the molecule is N#CCC(=O)c1ncc(C(=O)O)s1. The number of nitriles is 1. The van der Waals surface area contributed by atoms with Gasteiger partial charge in [0.15, 0.2) is 5.01 Å². The molecule has 0 unspecified atom stereocenters. The minimum atomic E-state index is -1.12. The van der Waals surface area contributed by atoms with Gasteiger partial charge >= 0.3 is 5.97 Å². The number of carboxylic acid groups (broad SMARTS) is 1. The lowest BCUT2D eigenvalue weighted by Crippen LogP contribution is -1.95. The Labute approximate surface area is 77.3 Å². The van der Waals surface area contributed by atoms with Gasteiger partial charge in [-0.2, -0.15) is 5.26 Å². The zero-order valence-electron chi connectivity index (χ0n) is 6.35. The quantitative estimate of drug-likeness (QED) is 0.726. The van der Waals surface area contributed by atoms with Crippen molar-refractivity contribution < 1.29 is 14.7 Å². The van der Waals surface area contributed by atoms with Gasteiger partial charge < -0.3 is 5.11 Å². The van der Waals surface area contributed by atoms with E-state index in [-0.39, 0.29) is 16.3 Å². The van der Waals surface area contributed by atoms with E-state index < -0.39 is 11.8 Å². The van der Waals surface area contributed by atoms with E-state index in [9.17, 15) is 9.59 Å². The van der Waals surface area contributed by atoms with Crippen LogP contribution in [-0.4, -0.2) is 21.8 Å². The fourth-order valence-electron chi connectivity index (χ4n) is 0.649. The molecule has 0 radical (unpaired) electrons. The zero-order chi connectivity index (χ0) is 9.84. The molecule has 1 N–H and O–H groups in total. The first-order valence-electron chi connectivity index (χ1n) is 3.24. The van der Waals surface area contributed by atoms with Gasteiger partial charge in [0.1, 0.15) is 11.3 Å². The van der Waals surface area contributed by atoms with E-state index in [1.165, 1.54) is 0 Å². The first kappa shape index (κ1) is 9.35. The molecule has 6 heteroatoms. The standard InChI is InChI=1S/C7H4N2O3S/c8-2-1-4(10)6-9-3-5(13-6)7(11)12/h3H,1H2,(H,11,12). The molecule has 66 valence electrons. The molecule has 0 aliphatic heterocycles. The van der Waals surface area contributed by atoms with Gasteiger partial charge in [-0.25, -0.2) is 9.78 Å². The summed E-state index contributed by atoms with van der Waals surface area (Å²) in [7, 11) is 0. The van der Waals surface area contributed by atoms with Gasteiger partial charge in [-0.15, -0.1) is 11.3 Å². The molecule has 0 spiro atoms. The van der Waals surface area contributed by atoms with E-state index in [2.05, 4.69) is 4.98 Å². The van der Waals surface area contributed by atoms with Crippen LogP contribution in [0.5, 0.6) is 0 Å². The average molecular weight is 196 g/mol. The van der Waals surface area contributed by atoms with Crippen molar-refractivity contribution in [1.29, 1.82) is 5.26 Å². The first-order valence-corrected chi connectivity index (χ1v) is 4.06. The Morgan fingerprint density at radius 1 is 1.69 bits per heavy atom. The van der Waals surface area contributed by atoms with E-state index in [4.69, 9.17) is 10.4 Å². The zero-order valence-corrected chi connectivity index (χ0v) is 7.17. The number of hydrogen-bond donors (Lipinski definition) is 1. The molecule has 0 aromatic carbocycles. The summed E-state index contributed by atoms with van der Waals surface area (Å²) in [5, 5.41) is 16.8. The second-order valence-corrected chi connectivity index (χ2v) is 3.12. The van der Waals surface area contributed by atoms with Gasteiger partial charge in [0, 0.05) is 0 Å². The van der Waals surface area contributed by atoms with Crippen molar-refractivity contribution in [2.45, 2.75) is 6.42 Å². The summed E-state index contributed by atoms with van der Waals surface area (Å²) in [6.07, 6.45) is 0.837. The highest BCUT2D eigenvalue weighted by atomic mass is 32.1. The first-order chi connectivity index (χ1) is 6.15. The van der Waals surface area contributed by atoms with Gasteiger partial charge in [0.05, 0.1) is 12.3 Å². The maximum atomic E-state index is 11.0. The van der Waals surface area contributed by atoms with E-state index in [1.807, 2.05) is 0 Å². The van der Waals surface area contributed by atoms with Gasteiger partial charge in [-0.1, -0.05) is 0 Å². The van der Waals surface area contributed by atoms with Crippen LogP contribution in [0.1, 0.15) is 25.9 Å². The predicted octanol–water partition coefficient (Wildman–Crippen LogP) is 0.938. The number of carbonyl (C=O) groups excluding carboxylic acids is 1. The molecule has 1 aromatic heterocycles. The van der Waals surface area contributed by atoms with Crippen LogP contribution in [0, 0.1) is 11.3 Å². The lowest BCUT2D eigenvalue weighted by molar-refractivity contribution is 0.0701. The minimum absolute atomic E-state index is 0.00119. The van der Waals surface area contributed by atoms with Crippen molar-refractivity contribution in [1.82, 2.24) is 4.98 Å². The normalized spacial score (nSPS) is 9.15. The Hall–Kier alpha value is -1.74. The van der Waals surface area contributed by atoms with Gasteiger partial charge in [-0.05, 0) is 0 Å². The monoisotopic (exact) mass is 196 g/mol. The molecule has 1 aromatic rings. The van der Waals surface area contributed by atoms with Crippen LogP contribution in [0.3, 0.4) is 0 Å². The Bertz CT molecular complexity index is 391. The number of aromatic carboxylic acids is 1. The maximum absolute atomic E-state index is 11.0. The number of rotatable bonds is 3. The van der Waals surface area contributed by atoms with Crippen LogP contribution >= 0.6 is 11.3 Å². The molecule has 0 aliphatic carbocycles. The third-order valence-electron chi connectivity index (χ3n) is 1.19. The van der Waals surface area contributed by atoms with Crippen LogP contribution in [0.4, 0.5) is 0 Å². The van der Waals surface area contributed by atoms with Crippen molar-refractivity contribution >= 4 is 23.1 Å². The van der Waals surface area contributed by atoms with Crippen molar-refractivity contribution in [3.63, 3.8) is 0 Å². The molecule has 0 saturated carbocycles. The predicted molar refractivity (Wildman–Crippen MR) is 43.6 cm³/mol. The smallest absolute Gasteiger partial charge is 0.347 e. The Kier molecular flexibility index (Phi) is 2.72. The van der Waals surface area contributed by atoms with E-state index >= 15 is 0 Å². The summed E-state index contributed by atoms with van der Waals surface area (Å²) in [5.74, 6) is -1.56. The summed E-state index contributed by atoms with van der Waals surface area (Å²) in [4.78, 5) is 25.0. The summed E-state index contributed by atoms with van der Waals surface area (Å²) in [6, 6.07) is 1.67. The highest BCUT2D eigenvalue weighted by Crippen LogP contribution is 2.14. The molecule has 5 nitrogen and oxygen atoms in total. The van der Waals surface area contributed by atoms with Crippen molar-refractivity contribution in [2.24, 2.45) is 0 Å². The number of carbonyl (C=O) groups is 2. The number of carboxylic acids is 1. The molecule has 0 amide bonds. The summed E-state index contributed by atoms with van der Waals surface area (Å²) in [5.41, 5.74) is 0. The molecule has 0 saturated heterocycles. The van der Waals surface area contributed by atoms with Gasteiger partial charge in [0.2, 0.25) is 5.78 Å². The Morgan fingerprint density at radius 2 is 2.38 bits per heavy atom. The number of Topliss-reactive ketones (excluding diaryl/α,β-unsaturated/α-hetero) is 1. The third kappa shape index (κ3) is 2.10. The fourth-order valence-corrected chi connectivity index (χ4v) is 1.34. The van der Waals surface area contributed by atoms with Crippen LogP contribution in [0.25, 0.3) is 0 Å². The average Bonchev–Trinajstić information content (AvgIpc) is 2.52. The van der Waals surface area contributed by atoms with Crippen LogP contribution in [0.2, 0.25) is 0 Å². The second kappa shape index (κ2) is 3.78. The Balaban J connectivity index is 2.87. The molecular formula is C7H4N2O3S. The highest BCUT2D eigenvalue weighted by molar-refractivity contribution is 7.15. The number of thiazole rings is 1. The van der Waals surface area contributed by atoms with Crippen molar-refractivity contribution in [2.75, 3.05) is 0 Å². The molecule has 1 heterocycles. The Morgan fingerprint density at radius 3 is 2.85 bits per heavy atom. The fraction of sp³-hybridized carbons (Fsp3) is 0.143. The summed E-state index contributed by atoms with van der Waals surface area (Å²) < 4.78 is 0. The highest BCUT2D eigenvalue weighted by Gasteiger charge is 2.13. The lowest BCUT2D eigenvalue weighted by atomic mass is 10.3. The van der Waals surface area contributed by atoms with Gasteiger partial charge in [-0.3, -0.25) is 4.79 Å². The minimum Gasteiger partial charge on any atom is -0.477 e. The second-order valence-electron chi connectivity index (χ2n) is 2.09. The van der Waals surface area contributed by atoms with E-state index in [1.54, 1.807) is 6.07 Å². The third-order valence-corrected chi connectivity index (χ3v) is 2.22. The molecule has 0 bridgehead atoms. The molecule has 0 fully saturated rings. The van der Waals surface area contributed by atoms with Gasteiger partial charge in [0.25, 0.3) is 0 Å². The van der Waals surface area contributed by atoms with Crippen LogP contribution < -0.4 is 0 Å². The summed E-state index contributed by atoms with van der Waals surface area (Å²) in [6.45, 7) is 0. The topological polar surface area (TPSA) is 91.0 Å². The molecule has 1 rings (SSSR count). The summed E-state index contributed by atoms with van der Waals surface area (Å²) >= 11 is 0.778. The number of hydrogen-bond acceptors (Lipinski definition) is 5. The van der Waals surface area contributed by atoms with Crippen LogP contribution in [-0.2, 0) is 0 Å². The molecule has 0 atom stereocenters. The number of ketones is 1.